The van der Waals surface area contributed by atoms with Crippen molar-refractivity contribution in [3.8, 4) is 0 Å². The third kappa shape index (κ3) is 4.19. The van der Waals surface area contributed by atoms with Gasteiger partial charge in [0.15, 0.2) is 0 Å². The predicted molar refractivity (Wildman–Crippen MR) is 97.3 cm³/mol. The third-order valence-electron chi connectivity index (χ3n) is 4.15. The quantitative estimate of drug-likeness (QED) is 0.780. The average molecular weight is 408 g/mol. The molecule has 0 spiro atoms. The average Bonchev–Trinajstić information content (AvgIpc) is 2.69. The zero-order chi connectivity index (χ0) is 20.3. The lowest BCUT2D eigenvalue weighted by molar-refractivity contribution is 0.0696. The Morgan fingerprint density at radius 3 is 2.46 bits per heavy atom. The fourth-order valence-electron chi connectivity index (χ4n) is 2.70. The molecule has 0 radical (unpaired) electrons. The Bertz CT molecular complexity index is 1020. The minimum atomic E-state index is -4.12. The number of amides is 1. The SMILES string of the molecule is O=C(O)c1cccc(NC(=O)c2ccc(F)c(S(=O)(=O)N3CCOCC3)c2)c1. The third-order valence-corrected chi connectivity index (χ3v) is 6.06. The first-order chi connectivity index (χ1) is 13.3. The van der Waals surface area contributed by atoms with Gasteiger partial charge in [0.1, 0.15) is 10.7 Å². The van der Waals surface area contributed by atoms with E-state index >= 15 is 0 Å². The maximum Gasteiger partial charge on any atom is 0.335 e. The number of ether oxygens (including phenoxy) is 1. The first-order valence-corrected chi connectivity index (χ1v) is 9.75. The molecular weight excluding hydrogens is 391 g/mol. The van der Waals surface area contributed by atoms with Crippen molar-refractivity contribution < 1.29 is 32.2 Å². The molecule has 1 amide bonds. The van der Waals surface area contributed by atoms with Gasteiger partial charge in [-0.1, -0.05) is 6.07 Å². The van der Waals surface area contributed by atoms with Crippen LogP contribution in [0.15, 0.2) is 47.4 Å². The molecule has 1 aliphatic rings. The highest BCUT2D eigenvalue weighted by Crippen LogP contribution is 2.22. The maximum absolute atomic E-state index is 14.2. The van der Waals surface area contributed by atoms with E-state index in [1.807, 2.05) is 0 Å². The van der Waals surface area contributed by atoms with Crippen molar-refractivity contribution in [3.05, 3.63) is 59.4 Å². The second-order valence-electron chi connectivity index (χ2n) is 6.00. The Morgan fingerprint density at radius 1 is 1.07 bits per heavy atom. The number of carboxylic acids is 1. The smallest absolute Gasteiger partial charge is 0.335 e. The number of sulfonamides is 1. The lowest BCUT2D eigenvalue weighted by Crippen LogP contribution is -2.41. The molecule has 0 saturated carbocycles. The zero-order valence-corrected chi connectivity index (χ0v) is 15.4. The molecule has 2 N–H and O–H groups in total. The van der Waals surface area contributed by atoms with Crippen LogP contribution >= 0.6 is 0 Å². The van der Waals surface area contributed by atoms with Gasteiger partial charge < -0.3 is 15.2 Å². The summed E-state index contributed by atoms with van der Waals surface area (Å²) in [5, 5.41) is 11.5. The highest BCUT2D eigenvalue weighted by atomic mass is 32.2. The number of hydrogen-bond donors (Lipinski definition) is 2. The molecule has 0 atom stereocenters. The van der Waals surface area contributed by atoms with Gasteiger partial charge in [0.2, 0.25) is 10.0 Å². The lowest BCUT2D eigenvalue weighted by atomic mass is 10.1. The van der Waals surface area contributed by atoms with Crippen molar-refractivity contribution in [1.29, 1.82) is 0 Å². The summed E-state index contributed by atoms with van der Waals surface area (Å²) in [4.78, 5) is 22.9. The molecule has 10 heteroatoms. The Morgan fingerprint density at radius 2 is 1.79 bits per heavy atom. The van der Waals surface area contributed by atoms with Gasteiger partial charge in [0, 0.05) is 24.3 Å². The molecule has 28 heavy (non-hydrogen) atoms. The summed E-state index contributed by atoms with van der Waals surface area (Å²) in [7, 11) is -4.12. The van der Waals surface area contributed by atoms with Gasteiger partial charge >= 0.3 is 5.97 Å². The second-order valence-corrected chi connectivity index (χ2v) is 7.91. The number of hydrogen-bond acceptors (Lipinski definition) is 5. The summed E-state index contributed by atoms with van der Waals surface area (Å²) < 4.78 is 45.8. The molecule has 148 valence electrons. The number of anilines is 1. The van der Waals surface area contributed by atoms with Crippen molar-refractivity contribution >= 4 is 27.6 Å². The highest BCUT2D eigenvalue weighted by molar-refractivity contribution is 7.89. The van der Waals surface area contributed by atoms with E-state index < -0.39 is 32.6 Å². The number of morpholine rings is 1. The molecule has 1 fully saturated rings. The number of halogens is 1. The van der Waals surface area contributed by atoms with Crippen LogP contribution in [0.3, 0.4) is 0 Å². The van der Waals surface area contributed by atoms with Crippen molar-refractivity contribution in [2.45, 2.75) is 4.90 Å². The molecule has 0 unspecified atom stereocenters. The van der Waals surface area contributed by atoms with E-state index in [4.69, 9.17) is 9.84 Å². The fourth-order valence-corrected chi connectivity index (χ4v) is 4.20. The van der Waals surface area contributed by atoms with Crippen molar-refractivity contribution in [3.63, 3.8) is 0 Å². The molecule has 1 heterocycles. The van der Waals surface area contributed by atoms with Crippen LogP contribution in [0.5, 0.6) is 0 Å². The highest BCUT2D eigenvalue weighted by Gasteiger charge is 2.29. The molecule has 2 aromatic rings. The number of nitrogens with one attached hydrogen (secondary N) is 1. The summed E-state index contributed by atoms with van der Waals surface area (Å²) >= 11 is 0. The molecular formula is C18H17FN2O6S. The molecule has 1 aliphatic heterocycles. The van der Waals surface area contributed by atoms with Crippen LogP contribution in [0, 0.1) is 5.82 Å². The summed E-state index contributed by atoms with van der Waals surface area (Å²) in [6.45, 7) is 0.613. The monoisotopic (exact) mass is 408 g/mol. The Balaban J connectivity index is 1.87. The number of rotatable bonds is 5. The summed E-state index contributed by atoms with van der Waals surface area (Å²) in [6, 6.07) is 8.60. The fraction of sp³-hybridized carbons (Fsp3) is 0.222. The Kier molecular flexibility index (Phi) is 5.73. The summed E-state index contributed by atoms with van der Waals surface area (Å²) in [5.41, 5.74) is 0.119. The molecule has 3 rings (SSSR count). The zero-order valence-electron chi connectivity index (χ0n) is 14.6. The number of aromatic carboxylic acids is 1. The van der Waals surface area contributed by atoms with Crippen LogP contribution in [0.25, 0.3) is 0 Å². The van der Waals surface area contributed by atoms with Gasteiger partial charge in [-0.3, -0.25) is 4.79 Å². The van der Waals surface area contributed by atoms with Crippen LogP contribution < -0.4 is 5.32 Å². The van der Waals surface area contributed by atoms with E-state index in [0.29, 0.717) is 0 Å². The maximum atomic E-state index is 14.2. The van der Waals surface area contributed by atoms with Crippen molar-refractivity contribution in [1.82, 2.24) is 4.31 Å². The predicted octanol–water partition coefficient (Wildman–Crippen LogP) is 1.80. The van der Waals surface area contributed by atoms with Gasteiger partial charge in [-0.25, -0.2) is 17.6 Å². The Labute approximate surface area is 160 Å². The minimum absolute atomic E-state index is 0.0208. The van der Waals surface area contributed by atoms with Gasteiger partial charge in [0.25, 0.3) is 5.91 Å². The molecule has 0 bridgehead atoms. The van der Waals surface area contributed by atoms with Crippen LogP contribution in [-0.2, 0) is 14.8 Å². The van der Waals surface area contributed by atoms with Gasteiger partial charge in [-0.05, 0) is 36.4 Å². The molecule has 2 aromatic carbocycles. The van der Waals surface area contributed by atoms with Crippen LogP contribution in [0.1, 0.15) is 20.7 Å². The normalized spacial score (nSPS) is 15.2. The first-order valence-electron chi connectivity index (χ1n) is 8.31. The molecule has 0 aliphatic carbocycles. The number of nitrogens with zero attached hydrogens (tertiary/aromatic N) is 1. The van der Waals surface area contributed by atoms with Crippen LogP contribution in [0.2, 0.25) is 0 Å². The van der Waals surface area contributed by atoms with E-state index in [0.717, 1.165) is 22.5 Å². The standard InChI is InChI=1S/C18H17FN2O6S/c19-15-5-4-12(11-16(15)28(25,26)21-6-8-27-9-7-21)17(22)20-14-3-1-2-13(10-14)18(23)24/h1-5,10-11H,6-9H2,(H,20,22)(H,23,24). The molecule has 8 nitrogen and oxygen atoms in total. The topological polar surface area (TPSA) is 113 Å². The van der Waals surface area contributed by atoms with E-state index in [9.17, 15) is 22.4 Å². The van der Waals surface area contributed by atoms with Crippen LogP contribution in [0.4, 0.5) is 10.1 Å². The summed E-state index contributed by atoms with van der Waals surface area (Å²) in [5.74, 6) is -2.81. The van der Waals surface area contributed by atoms with E-state index in [1.165, 1.54) is 24.3 Å². The van der Waals surface area contributed by atoms with Gasteiger partial charge in [-0.15, -0.1) is 0 Å². The number of carbonyl (C=O) groups excluding carboxylic acids is 1. The number of carbonyl (C=O) groups is 2. The van der Waals surface area contributed by atoms with E-state index in [1.54, 1.807) is 0 Å². The van der Waals surface area contributed by atoms with E-state index in [-0.39, 0.29) is 43.1 Å². The largest absolute Gasteiger partial charge is 0.478 e. The number of carboxylic acid groups (broad SMARTS) is 1. The second kappa shape index (κ2) is 8.05. The molecule has 1 saturated heterocycles. The minimum Gasteiger partial charge on any atom is -0.478 e. The Hall–Kier alpha value is -2.82. The first kappa shape index (κ1) is 19.9. The lowest BCUT2D eigenvalue weighted by Gasteiger charge is -2.26. The van der Waals surface area contributed by atoms with Crippen LogP contribution in [-0.4, -0.2) is 56.0 Å². The summed E-state index contributed by atoms with van der Waals surface area (Å²) in [6.07, 6.45) is 0. The van der Waals surface area contributed by atoms with Gasteiger partial charge in [0.05, 0.1) is 18.8 Å². The van der Waals surface area contributed by atoms with Crippen molar-refractivity contribution in [2.24, 2.45) is 0 Å². The van der Waals surface area contributed by atoms with Gasteiger partial charge in [-0.2, -0.15) is 4.31 Å². The van der Waals surface area contributed by atoms with Crippen molar-refractivity contribution in [2.75, 3.05) is 31.6 Å². The number of benzene rings is 2. The molecule has 0 aromatic heterocycles. The van der Waals surface area contributed by atoms with E-state index in [2.05, 4.69) is 5.32 Å².